The molecule has 3 rings (SSSR count). The van der Waals surface area contributed by atoms with Crippen molar-refractivity contribution < 1.29 is 9.90 Å². The molecule has 4 nitrogen and oxygen atoms in total. The number of aromatic nitrogens is 2. The predicted molar refractivity (Wildman–Crippen MR) is 98.2 cm³/mol. The van der Waals surface area contributed by atoms with E-state index in [0.29, 0.717) is 4.88 Å². The van der Waals surface area contributed by atoms with E-state index in [2.05, 4.69) is 49.4 Å². The van der Waals surface area contributed by atoms with Crippen LogP contribution in [0.25, 0.3) is 16.2 Å². The summed E-state index contributed by atoms with van der Waals surface area (Å²) >= 11 is 1.28. The second kappa shape index (κ2) is 6.77. The van der Waals surface area contributed by atoms with Gasteiger partial charge in [-0.25, -0.2) is 9.78 Å². The third-order valence-electron chi connectivity index (χ3n) is 4.32. The lowest BCUT2D eigenvalue weighted by atomic mass is 10.1. The van der Waals surface area contributed by atoms with Crippen LogP contribution in [0.3, 0.4) is 0 Å². The van der Waals surface area contributed by atoms with E-state index in [9.17, 15) is 9.90 Å². The Balaban J connectivity index is 2.21. The van der Waals surface area contributed by atoms with E-state index in [0.717, 1.165) is 53.3 Å². The molecular weight excluding hydrogens is 320 g/mol. The van der Waals surface area contributed by atoms with E-state index in [1.165, 1.54) is 16.9 Å². The van der Waals surface area contributed by atoms with Crippen molar-refractivity contribution in [2.45, 2.75) is 46.5 Å². The summed E-state index contributed by atoms with van der Waals surface area (Å²) < 4.78 is 2.07. The number of carbonyl (C=O) groups is 1. The Morgan fingerprint density at radius 3 is 2.38 bits per heavy atom. The molecule has 24 heavy (non-hydrogen) atoms. The van der Waals surface area contributed by atoms with Crippen LogP contribution in [0, 0.1) is 0 Å². The van der Waals surface area contributed by atoms with Gasteiger partial charge in [0.15, 0.2) is 4.96 Å². The molecule has 2 aromatic heterocycles. The zero-order valence-corrected chi connectivity index (χ0v) is 15.1. The van der Waals surface area contributed by atoms with Gasteiger partial charge in [0, 0.05) is 11.3 Å². The number of thiazole rings is 1. The van der Waals surface area contributed by atoms with Gasteiger partial charge in [-0.15, -0.1) is 0 Å². The summed E-state index contributed by atoms with van der Waals surface area (Å²) in [7, 11) is 0. The van der Waals surface area contributed by atoms with Crippen molar-refractivity contribution in [1.82, 2.24) is 9.38 Å². The van der Waals surface area contributed by atoms with Gasteiger partial charge < -0.3 is 5.11 Å². The topological polar surface area (TPSA) is 54.6 Å². The Bertz CT molecular complexity index is 875. The summed E-state index contributed by atoms with van der Waals surface area (Å²) in [5.41, 5.74) is 5.35. The lowest BCUT2D eigenvalue weighted by Crippen LogP contribution is -2.04. The highest BCUT2D eigenvalue weighted by Crippen LogP contribution is 2.32. The summed E-state index contributed by atoms with van der Waals surface area (Å²) in [6.45, 7) is 6.31. The van der Waals surface area contributed by atoms with Crippen LogP contribution in [0.15, 0.2) is 24.3 Å². The van der Waals surface area contributed by atoms with Crippen LogP contribution in [0.5, 0.6) is 0 Å². The number of carboxylic acid groups (broad SMARTS) is 1. The molecule has 1 aromatic carbocycles. The molecule has 0 amide bonds. The van der Waals surface area contributed by atoms with E-state index in [1.807, 2.05) is 0 Å². The van der Waals surface area contributed by atoms with E-state index in [1.54, 1.807) is 0 Å². The smallest absolute Gasteiger partial charge is 0.347 e. The number of aromatic carboxylic acids is 1. The Labute approximate surface area is 145 Å². The average molecular weight is 342 g/mol. The molecule has 0 aliphatic rings. The zero-order valence-electron chi connectivity index (χ0n) is 14.3. The molecule has 5 heteroatoms. The lowest BCUT2D eigenvalue weighted by Gasteiger charge is -2.06. The van der Waals surface area contributed by atoms with Crippen molar-refractivity contribution in [3.8, 4) is 11.3 Å². The maximum atomic E-state index is 11.6. The van der Waals surface area contributed by atoms with Crippen LogP contribution >= 0.6 is 11.3 Å². The maximum Gasteiger partial charge on any atom is 0.347 e. The van der Waals surface area contributed by atoms with Crippen molar-refractivity contribution in [3.05, 3.63) is 46.1 Å². The van der Waals surface area contributed by atoms with Crippen LogP contribution in [0.4, 0.5) is 0 Å². The first-order chi connectivity index (χ1) is 11.6. The van der Waals surface area contributed by atoms with Gasteiger partial charge in [0.25, 0.3) is 0 Å². The molecule has 126 valence electrons. The first-order valence-electron chi connectivity index (χ1n) is 8.46. The summed E-state index contributed by atoms with van der Waals surface area (Å²) in [6.07, 6.45) is 3.49. The predicted octanol–water partition coefficient (Wildman–Crippen LogP) is 4.84. The summed E-state index contributed by atoms with van der Waals surface area (Å²) in [5, 5.41) is 9.49. The summed E-state index contributed by atoms with van der Waals surface area (Å²) in [6, 6.07) is 8.50. The Hall–Kier alpha value is -2.14. The minimum Gasteiger partial charge on any atom is -0.477 e. The fraction of sp³-hybridized carbons (Fsp3) is 0.368. The number of nitrogens with zero attached hydrogens (tertiary/aromatic N) is 2. The molecule has 0 spiro atoms. The number of carboxylic acids is 1. The van der Waals surface area contributed by atoms with Crippen LogP contribution in [-0.2, 0) is 19.3 Å². The highest BCUT2D eigenvalue weighted by molar-refractivity contribution is 7.19. The van der Waals surface area contributed by atoms with Crippen LogP contribution in [0.2, 0.25) is 0 Å². The Morgan fingerprint density at radius 2 is 1.83 bits per heavy atom. The third kappa shape index (κ3) is 2.73. The highest BCUT2D eigenvalue weighted by atomic mass is 32.1. The van der Waals surface area contributed by atoms with Crippen molar-refractivity contribution in [3.63, 3.8) is 0 Å². The van der Waals surface area contributed by atoms with Crippen molar-refractivity contribution in [1.29, 1.82) is 0 Å². The van der Waals surface area contributed by atoms with Gasteiger partial charge in [-0.05, 0) is 24.8 Å². The van der Waals surface area contributed by atoms with E-state index >= 15 is 0 Å². The molecule has 0 atom stereocenters. The normalized spacial score (nSPS) is 11.3. The zero-order chi connectivity index (χ0) is 17.3. The molecule has 0 radical (unpaired) electrons. The largest absolute Gasteiger partial charge is 0.477 e. The second-order valence-corrected chi connectivity index (χ2v) is 6.84. The van der Waals surface area contributed by atoms with Gasteiger partial charge in [0.05, 0.1) is 11.4 Å². The average Bonchev–Trinajstić information content (AvgIpc) is 3.12. The first-order valence-corrected chi connectivity index (χ1v) is 9.27. The lowest BCUT2D eigenvalue weighted by molar-refractivity contribution is 0.0700. The van der Waals surface area contributed by atoms with Crippen LogP contribution in [-0.4, -0.2) is 20.5 Å². The Kier molecular flexibility index (Phi) is 4.71. The number of imidazole rings is 1. The molecule has 0 bridgehead atoms. The SMILES string of the molecule is CCCc1c(C(=O)O)sc2nc(-c3ccc(CC)cc3)c(CC)n12. The molecule has 3 aromatic rings. The van der Waals surface area contributed by atoms with Crippen LogP contribution in [0.1, 0.15) is 53.8 Å². The summed E-state index contributed by atoms with van der Waals surface area (Å²) in [4.78, 5) is 17.5. The standard InChI is InChI=1S/C19H22N2O2S/c1-4-7-15-17(18(22)23)24-19-20-16(14(6-3)21(15)19)13-10-8-12(5-2)9-11-13/h8-11H,4-7H2,1-3H3,(H,22,23). The Morgan fingerprint density at radius 1 is 1.12 bits per heavy atom. The second-order valence-electron chi connectivity index (χ2n) is 5.86. The molecule has 1 N–H and O–H groups in total. The fourth-order valence-corrected chi connectivity index (χ4v) is 4.14. The molecule has 0 saturated heterocycles. The van der Waals surface area contributed by atoms with Crippen LogP contribution < -0.4 is 0 Å². The third-order valence-corrected chi connectivity index (χ3v) is 5.39. The highest BCUT2D eigenvalue weighted by Gasteiger charge is 2.23. The van der Waals surface area contributed by atoms with E-state index < -0.39 is 5.97 Å². The number of benzene rings is 1. The molecule has 0 aliphatic heterocycles. The minimum absolute atomic E-state index is 0.418. The molecular formula is C19H22N2O2S. The maximum absolute atomic E-state index is 11.6. The fourth-order valence-electron chi connectivity index (χ4n) is 3.11. The van der Waals surface area contributed by atoms with Gasteiger partial charge in [-0.1, -0.05) is 62.8 Å². The van der Waals surface area contributed by atoms with Gasteiger partial charge in [-0.2, -0.15) is 0 Å². The van der Waals surface area contributed by atoms with Gasteiger partial charge in [0.2, 0.25) is 0 Å². The first kappa shape index (κ1) is 16.7. The molecule has 2 heterocycles. The monoisotopic (exact) mass is 342 g/mol. The molecule has 0 saturated carbocycles. The van der Waals surface area contributed by atoms with Crippen molar-refractivity contribution >= 4 is 22.3 Å². The number of aryl methyl sites for hydroxylation is 3. The quantitative estimate of drug-likeness (QED) is 0.697. The van der Waals surface area contributed by atoms with Crippen molar-refractivity contribution in [2.75, 3.05) is 0 Å². The van der Waals surface area contributed by atoms with Gasteiger partial charge >= 0.3 is 5.97 Å². The molecule has 0 fully saturated rings. The number of rotatable bonds is 6. The molecule has 0 unspecified atom stereocenters. The number of hydrogen-bond acceptors (Lipinski definition) is 3. The van der Waals surface area contributed by atoms with Gasteiger partial charge in [0.1, 0.15) is 4.88 Å². The van der Waals surface area contributed by atoms with E-state index in [-0.39, 0.29) is 0 Å². The summed E-state index contributed by atoms with van der Waals surface area (Å²) in [5.74, 6) is -0.857. The van der Waals surface area contributed by atoms with E-state index in [4.69, 9.17) is 4.98 Å². The van der Waals surface area contributed by atoms with Crippen molar-refractivity contribution in [2.24, 2.45) is 0 Å². The molecule has 0 aliphatic carbocycles. The number of hydrogen-bond donors (Lipinski definition) is 1. The van der Waals surface area contributed by atoms with Gasteiger partial charge in [-0.3, -0.25) is 4.40 Å². The number of fused-ring (bicyclic) bond motifs is 1. The minimum atomic E-state index is -0.857.